The zero-order valence-corrected chi connectivity index (χ0v) is 22.1. The lowest BCUT2D eigenvalue weighted by atomic mass is 9.31. The molecule has 41 heavy (non-hydrogen) atoms. The van der Waals surface area contributed by atoms with Gasteiger partial charge in [-0.15, -0.1) is 0 Å². The van der Waals surface area contributed by atoms with E-state index in [2.05, 4.69) is 115 Å². The van der Waals surface area contributed by atoms with E-state index < -0.39 is 0 Å². The molecule has 6 aromatic rings. The van der Waals surface area contributed by atoms with E-state index in [4.69, 9.17) is 14.2 Å². The van der Waals surface area contributed by atoms with Crippen molar-refractivity contribution in [3.63, 3.8) is 0 Å². The zero-order valence-electron chi connectivity index (χ0n) is 22.1. The van der Waals surface area contributed by atoms with Crippen LogP contribution in [0.25, 0.3) is 11.1 Å². The number of benzene rings is 6. The molecule has 0 aliphatic carbocycles. The molecular formula is C36H22B2O3. The van der Waals surface area contributed by atoms with E-state index in [1.54, 1.807) is 0 Å². The van der Waals surface area contributed by atoms with E-state index in [1.807, 2.05) is 18.2 Å². The van der Waals surface area contributed by atoms with Gasteiger partial charge >= 0.3 is 0 Å². The monoisotopic (exact) mass is 524 g/mol. The summed E-state index contributed by atoms with van der Waals surface area (Å²) in [5, 5.41) is 0. The molecule has 3 nitrogen and oxygen atoms in total. The fourth-order valence-corrected chi connectivity index (χ4v) is 6.83. The summed E-state index contributed by atoms with van der Waals surface area (Å²) in [5.41, 5.74) is 8.97. The molecule has 3 aliphatic rings. The normalized spacial score (nSPS) is 13.4. The van der Waals surface area contributed by atoms with Gasteiger partial charge in [0.15, 0.2) is 0 Å². The predicted octanol–water partition coefficient (Wildman–Crippen LogP) is 4.70. The van der Waals surface area contributed by atoms with Crippen molar-refractivity contribution in [3.8, 4) is 45.6 Å². The van der Waals surface area contributed by atoms with Gasteiger partial charge in [-0.2, -0.15) is 0 Å². The summed E-state index contributed by atoms with van der Waals surface area (Å²) in [5.74, 6) is 5.23. The molecule has 0 spiro atoms. The first-order valence-electron chi connectivity index (χ1n) is 14.0. The molecule has 0 atom stereocenters. The Kier molecular flexibility index (Phi) is 4.79. The van der Waals surface area contributed by atoms with Crippen LogP contribution in [0.15, 0.2) is 133 Å². The van der Waals surface area contributed by atoms with Crippen LogP contribution in [-0.2, 0) is 0 Å². The van der Waals surface area contributed by atoms with Crippen molar-refractivity contribution in [1.29, 1.82) is 0 Å². The number of fused-ring (bicyclic) bond motifs is 6. The molecule has 190 valence electrons. The average molecular weight is 524 g/mol. The summed E-state index contributed by atoms with van der Waals surface area (Å²) in [6.45, 7) is -0.0986. The van der Waals surface area contributed by atoms with Gasteiger partial charge < -0.3 is 14.2 Å². The number of hydrogen-bond donors (Lipinski definition) is 0. The SMILES string of the molecule is c1ccc(-c2cc3c4c(c2B2c5ccccc5Oc5ccccc52)Oc2ccccc2B4c2ccccc2O3)cc1. The number of ether oxygens (including phenoxy) is 3. The standard InChI is InChI=1S/C36H22B2O3/c1-2-12-23(13-3-1)24-22-33-35-36(34(24)37-25-14-4-8-18-29(25)39-30-19-9-5-15-26(30)37)41-32-21-11-7-17-28(32)38(35)27-16-6-10-20-31(27)40-33/h1-22H. The topological polar surface area (TPSA) is 27.7 Å². The molecule has 0 amide bonds. The third-order valence-electron chi connectivity index (χ3n) is 8.55. The van der Waals surface area contributed by atoms with Gasteiger partial charge in [0.25, 0.3) is 13.4 Å². The molecule has 0 unspecified atom stereocenters. The van der Waals surface area contributed by atoms with Gasteiger partial charge in [0, 0.05) is 5.46 Å². The predicted molar refractivity (Wildman–Crippen MR) is 167 cm³/mol. The van der Waals surface area contributed by atoms with Gasteiger partial charge in [0.1, 0.15) is 34.5 Å². The highest BCUT2D eigenvalue weighted by Crippen LogP contribution is 2.38. The van der Waals surface area contributed by atoms with Crippen LogP contribution in [0, 0.1) is 0 Å². The molecule has 0 N–H and O–H groups in total. The van der Waals surface area contributed by atoms with Crippen LogP contribution in [0.2, 0.25) is 0 Å². The smallest absolute Gasteiger partial charge is 0.260 e. The van der Waals surface area contributed by atoms with Gasteiger partial charge in [-0.25, -0.2) is 0 Å². The van der Waals surface area contributed by atoms with Crippen molar-refractivity contribution in [3.05, 3.63) is 133 Å². The number of rotatable bonds is 2. The Morgan fingerprint density at radius 1 is 0.366 bits per heavy atom. The lowest BCUT2D eigenvalue weighted by Crippen LogP contribution is -2.62. The van der Waals surface area contributed by atoms with Crippen LogP contribution in [0.4, 0.5) is 0 Å². The second-order valence-corrected chi connectivity index (χ2v) is 10.8. The first-order chi connectivity index (χ1) is 20.3. The van der Waals surface area contributed by atoms with Crippen LogP contribution in [0.3, 0.4) is 0 Å². The summed E-state index contributed by atoms with van der Waals surface area (Å²) in [7, 11) is 0. The average Bonchev–Trinajstić information content (AvgIpc) is 3.04. The minimum absolute atomic E-state index is 0.00352. The second-order valence-electron chi connectivity index (χ2n) is 10.8. The molecule has 9 rings (SSSR count). The molecule has 0 fully saturated rings. The van der Waals surface area contributed by atoms with E-state index in [9.17, 15) is 0 Å². The van der Waals surface area contributed by atoms with Crippen LogP contribution in [-0.4, -0.2) is 13.4 Å². The van der Waals surface area contributed by atoms with Gasteiger partial charge in [0.2, 0.25) is 0 Å². The maximum atomic E-state index is 7.00. The molecule has 0 bridgehead atoms. The quantitative estimate of drug-likeness (QED) is 0.307. The molecule has 0 saturated heterocycles. The van der Waals surface area contributed by atoms with Crippen molar-refractivity contribution in [1.82, 2.24) is 0 Å². The largest absolute Gasteiger partial charge is 0.459 e. The Hall–Kier alpha value is -5.15. The van der Waals surface area contributed by atoms with Gasteiger partial charge in [-0.1, -0.05) is 103 Å². The highest BCUT2D eigenvalue weighted by molar-refractivity contribution is 7.01. The fourth-order valence-electron chi connectivity index (χ4n) is 6.83. The maximum Gasteiger partial charge on any atom is 0.260 e. The molecular weight excluding hydrogens is 502 g/mol. The van der Waals surface area contributed by atoms with Crippen molar-refractivity contribution in [2.45, 2.75) is 0 Å². The lowest BCUT2D eigenvalue weighted by molar-refractivity contribution is 0.467. The zero-order chi connectivity index (χ0) is 26.9. The van der Waals surface area contributed by atoms with E-state index in [1.165, 1.54) is 0 Å². The molecule has 3 aliphatic heterocycles. The highest BCUT2D eigenvalue weighted by atomic mass is 16.5. The van der Waals surface area contributed by atoms with Gasteiger partial charge in [-0.3, -0.25) is 0 Å². The summed E-state index contributed by atoms with van der Waals surface area (Å²) in [4.78, 5) is 0. The van der Waals surface area contributed by atoms with E-state index >= 15 is 0 Å². The third kappa shape index (κ3) is 3.29. The van der Waals surface area contributed by atoms with Crippen molar-refractivity contribution in [2.24, 2.45) is 0 Å². The van der Waals surface area contributed by atoms with Crippen LogP contribution < -0.4 is 47.0 Å². The van der Waals surface area contributed by atoms with Gasteiger partial charge in [-0.05, 0) is 68.8 Å². The third-order valence-corrected chi connectivity index (χ3v) is 8.55. The summed E-state index contributed by atoms with van der Waals surface area (Å²) in [6.07, 6.45) is 0. The summed E-state index contributed by atoms with van der Waals surface area (Å²) < 4.78 is 20.1. The number of para-hydroxylation sites is 4. The fraction of sp³-hybridized carbons (Fsp3) is 0. The Bertz CT molecular complexity index is 1950. The maximum absolute atomic E-state index is 7.00. The second kappa shape index (κ2) is 8.67. The van der Waals surface area contributed by atoms with E-state index in [0.717, 1.165) is 78.4 Å². The lowest BCUT2D eigenvalue weighted by Gasteiger charge is -2.37. The van der Waals surface area contributed by atoms with Crippen LogP contribution in [0.5, 0.6) is 34.5 Å². The first kappa shape index (κ1) is 22.6. The molecule has 3 heterocycles. The Balaban J connectivity index is 1.42. The Morgan fingerprint density at radius 2 is 0.780 bits per heavy atom. The molecule has 6 aromatic carbocycles. The summed E-state index contributed by atoms with van der Waals surface area (Å²) >= 11 is 0. The molecule has 0 saturated carbocycles. The van der Waals surface area contributed by atoms with Crippen molar-refractivity contribution in [2.75, 3.05) is 0 Å². The van der Waals surface area contributed by atoms with E-state index in [0.29, 0.717) is 0 Å². The van der Waals surface area contributed by atoms with E-state index in [-0.39, 0.29) is 13.4 Å². The number of hydrogen-bond acceptors (Lipinski definition) is 3. The highest BCUT2D eigenvalue weighted by Gasteiger charge is 2.45. The van der Waals surface area contributed by atoms with Crippen LogP contribution in [0.1, 0.15) is 0 Å². The first-order valence-corrected chi connectivity index (χ1v) is 14.0. The summed E-state index contributed by atoms with van der Waals surface area (Å²) in [6, 6.07) is 46.3. The Labute approximate surface area is 239 Å². The minimum atomic E-state index is -0.102. The Morgan fingerprint density at radius 3 is 1.32 bits per heavy atom. The van der Waals surface area contributed by atoms with Crippen molar-refractivity contribution < 1.29 is 14.2 Å². The molecule has 0 radical (unpaired) electrons. The van der Waals surface area contributed by atoms with Crippen molar-refractivity contribution >= 4 is 46.2 Å². The molecule has 5 heteroatoms. The molecule has 0 aromatic heterocycles. The van der Waals surface area contributed by atoms with Gasteiger partial charge in [0.05, 0.1) is 0 Å². The minimum Gasteiger partial charge on any atom is -0.459 e. The van der Waals surface area contributed by atoms with Crippen LogP contribution >= 0.6 is 0 Å².